The molecule has 0 aliphatic rings. The van der Waals surface area contributed by atoms with Gasteiger partial charge in [-0.3, -0.25) is 14.9 Å². The molecular weight excluding hydrogens is 466 g/mol. The molecule has 1 amide bonds. The van der Waals surface area contributed by atoms with Crippen molar-refractivity contribution >= 4 is 44.8 Å². The van der Waals surface area contributed by atoms with Crippen LogP contribution in [-0.4, -0.2) is 44.7 Å². The van der Waals surface area contributed by atoms with Gasteiger partial charge < -0.3 is 10.2 Å². The van der Waals surface area contributed by atoms with E-state index in [1.54, 1.807) is 10.9 Å². The van der Waals surface area contributed by atoms with Gasteiger partial charge in [0.05, 0.1) is 27.1 Å². The molecule has 0 spiro atoms. The van der Waals surface area contributed by atoms with Crippen LogP contribution >= 0.6 is 11.3 Å². The van der Waals surface area contributed by atoms with Crippen LogP contribution in [0, 0.1) is 10.1 Å². The largest absolute Gasteiger partial charge is 0.378 e. The molecule has 0 unspecified atom stereocenters. The maximum absolute atomic E-state index is 12.9. The van der Waals surface area contributed by atoms with Gasteiger partial charge >= 0.3 is 5.00 Å². The second-order valence-electron chi connectivity index (χ2n) is 7.82. The second-order valence-corrected chi connectivity index (χ2v) is 8.88. The lowest BCUT2D eigenvalue weighted by Gasteiger charge is -2.14. The van der Waals surface area contributed by atoms with E-state index < -0.39 is 10.8 Å². The van der Waals surface area contributed by atoms with Crippen molar-refractivity contribution in [2.75, 3.05) is 24.3 Å². The predicted octanol–water partition coefficient (Wildman–Crippen LogP) is 4.77. The van der Waals surface area contributed by atoms with E-state index in [2.05, 4.69) is 15.4 Å². The summed E-state index contributed by atoms with van der Waals surface area (Å²) in [5.41, 5.74) is 3.06. The number of para-hydroxylation sites is 1. The van der Waals surface area contributed by atoms with Crippen molar-refractivity contribution in [3.8, 4) is 17.1 Å². The Labute approximate surface area is 203 Å². The fourth-order valence-electron chi connectivity index (χ4n) is 3.53. The van der Waals surface area contributed by atoms with Crippen LogP contribution < -0.4 is 10.2 Å². The molecule has 0 radical (unpaired) electrons. The van der Waals surface area contributed by atoms with Crippen LogP contribution in [0.4, 0.5) is 16.5 Å². The lowest BCUT2D eigenvalue weighted by atomic mass is 10.1. The van der Waals surface area contributed by atoms with E-state index in [1.165, 1.54) is 12.1 Å². The van der Waals surface area contributed by atoms with Gasteiger partial charge in [0.1, 0.15) is 5.82 Å². The van der Waals surface area contributed by atoms with Crippen molar-refractivity contribution in [2.24, 2.45) is 0 Å². The minimum Gasteiger partial charge on any atom is -0.378 e. The number of benzene rings is 2. The highest BCUT2D eigenvalue weighted by Gasteiger charge is 2.20. The summed E-state index contributed by atoms with van der Waals surface area (Å²) in [5, 5.41) is 18.7. The molecule has 0 fully saturated rings. The van der Waals surface area contributed by atoms with Gasteiger partial charge in [-0.05, 0) is 30.3 Å². The average molecular weight is 486 g/mol. The highest BCUT2D eigenvalue weighted by molar-refractivity contribution is 7.17. The lowest BCUT2D eigenvalue weighted by Crippen LogP contribution is -2.13. The fraction of sp³-hybridized carbons (Fsp3) is 0.0833. The highest BCUT2D eigenvalue weighted by Crippen LogP contribution is 2.30. The Morgan fingerprint density at radius 3 is 2.57 bits per heavy atom. The Morgan fingerprint density at radius 1 is 1.06 bits per heavy atom. The SMILES string of the molecule is CN(C)c1cccc(-c2nc(NC(=O)c3ccc([N+](=O)[O-])s3)c3cnn(-c4ccccc4)c3n2)c1. The molecule has 11 heteroatoms. The second kappa shape index (κ2) is 8.95. The number of fused-ring (bicyclic) bond motifs is 1. The molecule has 174 valence electrons. The van der Waals surface area contributed by atoms with Crippen LogP contribution in [-0.2, 0) is 0 Å². The molecule has 0 atom stereocenters. The smallest absolute Gasteiger partial charge is 0.324 e. The van der Waals surface area contributed by atoms with Gasteiger partial charge in [-0.25, -0.2) is 14.6 Å². The van der Waals surface area contributed by atoms with Crippen molar-refractivity contribution in [2.45, 2.75) is 0 Å². The third-order valence-electron chi connectivity index (χ3n) is 5.28. The van der Waals surface area contributed by atoms with E-state index in [0.29, 0.717) is 16.9 Å². The van der Waals surface area contributed by atoms with Crippen molar-refractivity contribution in [3.05, 3.63) is 87.9 Å². The molecule has 0 saturated carbocycles. The van der Waals surface area contributed by atoms with Crippen molar-refractivity contribution in [3.63, 3.8) is 0 Å². The standard InChI is InChI=1S/C24H19N7O3S/c1-29(2)17-10-6-7-15(13-17)21-26-22(28-24(32)19-11-12-20(35-19)31(33)34)18-14-25-30(23(18)27-21)16-8-4-3-5-9-16/h3-14H,1-2H3,(H,26,27,28,32). The molecule has 0 bridgehead atoms. The normalized spacial score (nSPS) is 10.9. The maximum Gasteiger partial charge on any atom is 0.324 e. The molecule has 0 saturated heterocycles. The number of anilines is 2. The zero-order chi connectivity index (χ0) is 24.5. The first-order valence-electron chi connectivity index (χ1n) is 10.6. The first-order chi connectivity index (χ1) is 16.9. The molecule has 0 aliphatic carbocycles. The van der Waals surface area contributed by atoms with E-state index in [4.69, 9.17) is 4.98 Å². The van der Waals surface area contributed by atoms with Gasteiger partial charge in [0.15, 0.2) is 11.5 Å². The number of rotatable bonds is 6. The fourth-order valence-corrected chi connectivity index (χ4v) is 4.25. The molecule has 0 aliphatic heterocycles. The Bertz CT molecular complexity index is 1560. The van der Waals surface area contributed by atoms with Gasteiger partial charge in [-0.15, -0.1) is 0 Å². The monoisotopic (exact) mass is 485 g/mol. The number of nitro groups is 1. The van der Waals surface area contributed by atoms with Gasteiger partial charge in [0.25, 0.3) is 5.91 Å². The van der Waals surface area contributed by atoms with E-state index >= 15 is 0 Å². The van der Waals surface area contributed by atoms with Crippen LogP contribution in [0.2, 0.25) is 0 Å². The first kappa shape index (κ1) is 22.2. The van der Waals surface area contributed by atoms with E-state index in [9.17, 15) is 14.9 Å². The van der Waals surface area contributed by atoms with Crippen LogP contribution in [0.5, 0.6) is 0 Å². The summed E-state index contributed by atoms with van der Waals surface area (Å²) in [6.07, 6.45) is 1.59. The summed E-state index contributed by atoms with van der Waals surface area (Å²) in [6, 6.07) is 20.0. The Morgan fingerprint density at radius 2 is 1.86 bits per heavy atom. The Kier molecular flexibility index (Phi) is 5.67. The number of nitrogens with one attached hydrogen (secondary N) is 1. The van der Waals surface area contributed by atoms with Crippen molar-refractivity contribution in [1.82, 2.24) is 19.7 Å². The molecule has 1 N–H and O–H groups in total. The summed E-state index contributed by atoms with van der Waals surface area (Å²) >= 11 is 0.801. The van der Waals surface area contributed by atoms with Crippen molar-refractivity contribution < 1.29 is 9.72 Å². The number of thiophene rings is 1. The van der Waals surface area contributed by atoms with E-state index in [1.807, 2.05) is 73.6 Å². The summed E-state index contributed by atoms with van der Waals surface area (Å²) < 4.78 is 1.68. The predicted molar refractivity (Wildman–Crippen MR) is 135 cm³/mol. The third kappa shape index (κ3) is 4.32. The highest BCUT2D eigenvalue weighted by atomic mass is 32.1. The molecule has 2 aromatic carbocycles. The summed E-state index contributed by atoms with van der Waals surface area (Å²) in [5.74, 6) is 0.179. The average Bonchev–Trinajstić information content (AvgIpc) is 3.53. The minimum atomic E-state index is -0.524. The lowest BCUT2D eigenvalue weighted by molar-refractivity contribution is -0.380. The maximum atomic E-state index is 12.9. The van der Waals surface area contributed by atoms with Crippen molar-refractivity contribution in [1.29, 1.82) is 0 Å². The van der Waals surface area contributed by atoms with Crippen LogP contribution in [0.3, 0.4) is 0 Å². The molecule has 5 rings (SSSR count). The molecule has 3 heterocycles. The van der Waals surface area contributed by atoms with E-state index in [0.717, 1.165) is 28.3 Å². The van der Waals surface area contributed by atoms with Gasteiger partial charge in [-0.2, -0.15) is 5.10 Å². The number of aromatic nitrogens is 4. The van der Waals surface area contributed by atoms with Crippen LogP contribution in [0.1, 0.15) is 9.67 Å². The summed E-state index contributed by atoms with van der Waals surface area (Å²) in [7, 11) is 3.89. The number of hydrogen-bond donors (Lipinski definition) is 1. The number of hydrogen-bond acceptors (Lipinski definition) is 8. The number of carbonyl (C=O) groups excluding carboxylic acids is 1. The van der Waals surface area contributed by atoms with Gasteiger partial charge in [0, 0.05) is 31.4 Å². The minimum absolute atomic E-state index is 0.110. The van der Waals surface area contributed by atoms with E-state index in [-0.39, 0.29) is 15.7 Å². The third-order valence-corrected chi connectivity index (χ3v) is 6.31. The number of carbonyl (C=O) groups is 1. The zero-order valence-corrected chi connectivity index (χ0v) is 19.6. The topological polar surface area (TPSA) is 119 Å². The first-order valence-corrected chi connectivity index (χ1v) is 11.4. The van der Waals surface area contributed by atoms with Crippen LogP contribution in [0.25, 0.3) is 28.1 Å². The number of amides is 1. The molecule has 35 heavy (non-hydrogen) atoms. The van der Waals surface area contributed by atoms with Gasteiger partial charge in [-0.1, -0.05) is 41.7 Å². The Hall–Kier alpha value is -4.64. The van der Waals surface area contributed by atoms with Gasteiger partial charge in [0.2, 0.25) is 0 Å². The molecular formula is C24H19N7O3S. The molecule has 10 nitrogen and oxygen atoms in total. The van der Waals surface area contributed by atoms with Crippen LogP contribution in [0.15, 0.2) is 72.9 Å². The molecule has 3 aromatic heterocycles. The Balaban J connectivity index is 1.64. The number of nitrogens with zero attached hydrogens (tertiary/aromatic N) is 6. The molecule has 5 aromatic rings. The summed E-state index contributed by atoms with van der Waals surface area (Å²) in [4.78, 5) is 35.1. The quantitative estimate of drug-likeness (QED) is 0.272. The zero-order valence-electron chi connectivity index (χ0n) is 18.7. The summed E-state index contributed by atoms with van der Waals surface area (Å²) in [6.45, 7) is 0.